The lowest BCUT2D eigenvalue weighted by Gasteiger charge is -2.06. The second kappa shape index (κ2) is 5.27. The molecule has 0 unspecified atom stereocenters. The quantitative estimate of drug-likeness (QED) is 0.855. The normalized spacial score (nSPS) is 11.2. The van der Waals surface area contributed by atoms with Gasteiger partial charge in [-0.2, -0.15) is 0 Å². The predicted octanol–water partition coefficient (Wildman–Crippen LogP) is 1.17. The summed E-state index contributed by atoms with van der Waals surface area (Å²) in [5.41, 5.74) is 1.45. The van der Waals surface area contributed by atoms with E-state index in [1.807, 2.05) is 6.92 Å². The van der Waals surface area contributed by atoms with Gasteiger partial charge in [0, 0.05) is 18.8 Å². The summed E-state index contributed by atoms with van der Waals surface area (Å²) in [4.78, 5) is 4.14. The highest BCUT2D eigenvalue weighted by molar-refractivity contribution is 7.93. The molecule has 0 bridgehead atoms. The van der Waals surface area contributed by atoms with Crippen LogP contribution in [0.4, 0.5) is 10.9 Å². The van der Waals surface area contributed by atoms with Crippen molar-refractivity contribution in [2.75, 3.05) is 16.6 Å². The lowest BCUT2D eigenvalue weighted by atomic mass is 10.4. The van der Waals surface area contributed by atoms with E-state index in [0.29, 0.717) is 12.4 Å². The van der Waals surface area contributed by atoms with E-state index in [1.54, 1.807) is 0 Å². The number of aromatic nitrogens is 3. The van der Waals surface area contributed by atoms with E-state index in [-0.39, 0.29) is 10.0 Å². The molecule has 2 N–H and O–H groups in total. The van der Waals surface area contributed by atoms with Crippen molar-refractivity contribution < 1.29 is 8.42 Å². The topological polar surface area (TPSA) is 96.9 Å². The fraction of sp³-hybridized carbons (Fsp3) is 0.222. The van der Waals surface area contributed by atoms with Crippen LogP contribution in [0.2, 0.25) is 0 Å². The van der Waals surface area contributed by atoms with Gasteiger partial charge in [0.1, 0.15) is 11.3 Å². The Morgan fingerprint density at radius 2 is 2.28 bits per heavy atom. The molecule has 18 heavy (non-hydrogen) atoms. The summed E-state index contributed by atoms with van der Waals surface area (Å²) in [5, 5.41) is 10.4. The monoisotopic (exact) mass is 285 g/mol. The van der Waals surface area contributed by atoms with Gasteiger partial charge < -0.3 is 5.32 Å². The maximum atomic E-state index is 12.0. The number of hydrogen-bond acceptors (Lipinski definition) is 7. The van der Waals surface area contributed by atoms with Crippen molar-refractivity contribution in [2.45, 2.75) is 11.8 Å². The highest BCUT2D eigenvalue weighted by atomic mass is 32.2. The number of rotatable bonds is 5. The molecular formula is C9H11N5O2S2. The minimum absolute atomic E-state index is 0.128. The van der Waals surface area contributed by atoms with Gasteiger partial charge in [-0.1, -0.05) is 11.3 Å². The first kappa shape index (κ1) is 12.7. The van der Waals surface area contributed by atoms with Crippen LogP contribution in [0.25, 0.3) is 0 Å². The van der Waals surface area contributed by atoms with E-state index in [1.165, 1.54) is 23.8 Å². The van der Waals surface area contributed by atoms with Gasteiger partial charge in [0.15, 0.2) is 0 Å². The fourth-order valence-electron chi connectivity index (χ4n) is 1.25. The number of pyridine rings is 1. The van der Waals surface area contributed by atoms with Crippen LogP contribution >= 0.6 is 11.3 Å². The maximum Gasteiger partial charge on any atom is 0.263 e. The van der Waals surface area contributed by atoms with Gasteiger partial charge in [-0.25, -0.2) is 13.4 Å². The highest BCUT2D eigenvalue weighted by Gasteiger charge is 2.16. The van der Waals surface area contributed by atoms with Gasteiger partial charge in [0.25, 0.3) is 10.0 Å². The van der Waals surface area contributed by atoms with Gasteiger partial charge in [-0.3, -0.25) is 4.72 Å². The Bertz CT molecular complexity index is 612. The molecule has 0 aliphatic rings. The van der Waals surface area contributed by atoms with Crippen LogP contribution in [0, 0.1) is 0 Å². The predicted molar refractivity (Wildman–Crippen MR) is 69.1 cm³/mol. The first-order chi connectivity index (χ1) is 8.62. The molecule has 9 heteroatoms. The average Bonchev–Trinajstić information content (AvgIpc) is 2.82. The summed E-state index contributed by atoms with van der Waals surface area (Å²) in [6.07, 6.45) is 1.44. The zero-order valence-electron chi connectivity index (χ0n) is 9.49. The van der Waals surface area contributed by atoms with Gasteiger partial charge in [-0.05, 0) is 13.0 Å². The Hall–Kier alpha value is -1.74. The number of anilines is 2. The molecule has 2 aromatic rings. The van der Waals surface area contributed by atoms with Crippen LogP contribution in [0.3, 0.4) is 0 Å². The first-order valence-corrected chi connectivity index (χ1v) is 7.47. The Kier molecular flexibility index (Phi) is 3.72. The SMILES string of the molecule is CCNc1cc(S(=O)(=O)Nc2nncs2)ccn1. The lowest BCUT2D eigenvalue weighted by Crippen LogP contribution is -2.13. The van der Waals surface area contributed by atoms with E-state index < -0.39 is 10.0 Å². The largest absolute Gasteiger partial charge is 0.370 e. The molecule has 0 amide bonds. The zero-order chi connectivity index (χ0) is 13.0. The molecular weight excluding hydrogens is 274 g/mol. The van der Waals surface area contributed by atoms with E-state index in [0.717, 1.165) is 11.3 Å². The Labute approximate surface area is 108 Å². The van der Waals surface area contributed by atoms with E-state index in [4.69, 9.17) is 0 Å². The lowest BCUT2D eigenvalue weighted by molar-refractivity contribution is 0.601. The Balaban J connectivity index is 2.26. The average molecular weight is 285 g/mol. The minimum Gasteiger partial charge on any atom is -0.370 e. The van der Waals surface area contributed by atoms with Crippen LogP contribution in [0.1, 0.15) is 6.92 Å². The van der Waals surface area contributed by atoms with Crippen LogP contribution < -0.4 is 10.0 Å². The molecule has 0 fully saturated rings. The third-order valence-electron chi connectivity index (χ3n) is 1.98. The number of nitrogens with one attached hydrogen (secondary N) is 2. The molecule has 0 spiro atoms. The van der Waals surface area contributed by atoms with Crippen LogP contribution in [0.15, 0.2) is 28.7 Å². The summed E-state index contributed by atoms with van der Waals surface area (Å²) in [7, 11) is -3.65. The van der Waals surface area contributed by atoms with Gasteiger partial charge in [-0.15, -0.1) is 10.2 Å². The third kappa shape index (κ3) is 2.93. The molecule has 0 atom stereocenters. The molecule has 0 radical (unpaired) electrons. The smallest absolute Gasteiger partial charge is 0.263 e. The van der Waals surface area contributed by atoms with Crippen molar-refractivity contribution >= 4 is 32.3 Å². The molecule has 7 nitrogen and oxygen atoms in total. The third-order valence-corrected chi connectivity index (χ3v) is 4.05. The van der Waals surface area contributed by atoms with Crippen molar-refractivity contribution in [1.29, 1.82) is 0 Å². The van der Waals surface area contributed by atoms with Gasteiger partial charge in [0.05, 0.1) is 4.90 Å². The van der Waals surface area contributed by atoms with Gasteiger partial charge >= 0.3 is 0 Å². The molecule has 0 aliphatic carbocycles. The molecule has 2 heterocycles. The zero-order valence-corrected chi connectivity index (χ0v) is 11.1. The summed E-state index contributed by atoms with van der Waals surface area (Å²) in [6.45, 7) is 2.57. The van der Waals surface area contributed by atoms with Gasteiger partial charge in [0.2, 0.25) is 5.13 Å². The summed E-state index contributed by atoms with van der Waals surface area (Å²) in [6, 6.07) is 2.89. The minimum atomic E-state index is -3.65. The Morgan fingerprint density at radius 3 is 2.94 bits per heavy atom. The van der Waals surface area contributed by atoms with E-state index in [2.05, 4.69) is 25.2 Å². The van der Waals surface area contributed by atoms with Crippen molar-refractivity contribution in [3.8, 4) is 0 Å². The van der Waals surface area contributed by atoms with Crippen molar-refractivity contribution in [3.63, 3.8) is 0 Å². The second-order valence-corrected chi connectivity index (χ2v) is 5.77. The summed E-state index contributed by atoms with van der Waals surface area (Å²) >= 11 is 1.12. The molecule has 2 rings (SSSR count). The highest BCUT2D eigenvalue weighted by Crippen LogP contribution is 2.18. The van der Waals surface area contributed by atoms with Crippen LogP contribution in [-0.4, -0.2) is 30.1 Å². The first-order valence-electron chi connectivity index (χ1n) is 5.11. The number of sulfonamides is 1. The Morgan fingerprint density at radius 1 is 1.44 bits per heavy atom. The maximum absolute atomic E-state index is 12.0. The number of hydrogen-bond donors (Lipinski definition) is 2. The summed E-state index contributed by atoms with van der Waals surface area (Å²) < 4.78 is 26.4. The molecule has 0 aliphatic heterocycles. The molecule has 96 valence electrons. The number of nitrogens with zero attached hydrogens (tertiary/aromatic N) is 3. The molecule has 0 saturated heterocycles. The molecule has 0 aromatic carbocycles. The molecule has 0 saturated carbocycles. The fourth-order valence-corrected chi connectivity index (χ4v) is 2.95. The van der Waals surface area contributed by atoms with Crippen molar-refractivity contribution in [1.82, 2.24) is 15.2 Å². The van der Waals surface area contributed by atoms with Crippen molar-refractivity contribution in [3.05, 3.63) is 23.8 Å². The second-order valence-electron chi connectivity index (χ2n) is 3.26. The summed E-state index contributed by atoms with van der Waals surface area (Å²) in [5.74, 6) is 0.512. The van der Waals surface area contributed by atoms with E-state index in [9.17, 15) is 8.42 Å². The standard InChI is InChI=1S/C9H11N5O2S2/c1-2-10-8-5-7(3-4-11-8)18(15,16)14-9-13-12-6-17-9/h3-6H,2H2,1H3,(H,10,11)(H,13,14). The van der Waals surface area contributed by atoms with Crippen LogP contribution in [-0.2, 0) is 10.0 Å². The van der Waals surface area contributed by atoms with Crippen molar-refractivity contribution in [2.24, 2.45) is 0 Å². The molecule has 2 aromatic heterocycles. The van der Waals surface area contributed by atoms with E-state index >= 15 is 0 Å². The van der Waals surface area contributed by atoms with Crippen LogP contribution in [0.5, 0.6) is 0 Å².